The Balaban J connectivity index is 2.69. The predicted molar refractivity (Wildman–Crippen MR) is 55.3 cm³/mol. The highest BCUT2D eigenvalue weighted by Crippen LogP contribution is 2.11. The molecule has 0 aliphatic rings. The zero-order valence-electron chi connectivity index (χ0n) is 8.01. The number of aryl methyl sites for hydroxylation is 1. The lowest BCUT2D eigenvalue weighted by molar-refractivity contribution is -0.519. The van der Waals surface area contributed by atoms with E-state index >= 15 is 0 Å². The summed E-state index contributed by atoms with van der Waals surface area (Å²) in [5, 5.41) is 0. The van der Waals surface area contributed by atoms with Crippen molar-refractivity contribution >= 4 is 11.0 Å². The van der Waals surface area contributed by atoms with Crippen LogP contribution < -0.4 is 4.40 Å². The molecule has 14 heavy (non-hydrogen) atoms. The van der Waals surface area contributed by atoms with E-state index in [1.807, 2.05) is 0 Å². The van der Waals surface area contributed by atoms with Crippen molar-refractivity contribution in [2.75, 3.05) is 0 Å². The fourth-order valence-corrected chi connectivity index (χ4v) is 1.98. The molecule has 0 bridgehead atoms. The summed E-state index contributed by atoms with van der Waals surface area (Å²) in [5.41, 5.74) is 2.51. The average Bonchev–Trinajstić information content (AvgIpc) is 2.55. The highest BCUT2D eigenvalue weighted by molar-refractivity contribution is 5.71. The van der Waals surface area contributed by atoms with Crippen LogP contribution in [-0.4, -0.2) is 4.40 Å². The molecule has 2 heteroatoms. The number of rotatable bonds is 0. The monoisotopic (exact) mass is 183 g/mol. The number of hydrogen-bond acceptors (Lipinski definition) is 0. The Morgan fingerprint density at radius 2 is 1.93 bits per heavy atom. The lowest BCUT2D eigenvalue weighted by Crippen LogP contribution is -2.21. The van der Waals surface area contributed by atoms with Gasteiger partial charge < -0.3 is 0 Å². The molecule has 3 heterocycles. The van der Waals surface area contributed by atoms with Crippen molar-refractivity contribution in [3.8, 4) is 0 Å². The topological polar surface area (TPSA) is 8.51 Å². The van der Waals surface area contributed by atoms with E-state index in [2.05, 4.69) is 64.5 Å². The molecule has 0 aromatic carbocycles. The van der Waals surface area contributed by atoms with Crippen molar-refractivity contribution in [2.45, 2.75) is 6.92 Å². The van der Waals surface area contributed by atoms with Crippen molar-refractivity contribution in [1.29, 1.82) is 0 Å². The molecule has 0 aliphatic heterocycles. The maximum Gasteiger partial charge on any atom is 0.263 e. The minimum absolute atomic E-state index is 1.23. The highest BCUT2D eigenvalue weighted by atomic mass is 15.1. The molecule has 0 aliphatic carbocycles. The van der Waals surface area contributed by atoms with Gasteiger partial charge in [0.05, 0.1) is 12.4 Å². The van der Waals surface area contributed by atoms with Crippen LogP contribution in [0.4, 0.5) is 0 Å². The SMILES string of the molecule is Cc1n2ccccc2c2cccc[n+]12. The van der Waals surface area contributed by atoms with Crippen LogP contribution in [0.15, 0.2) is 48.8 Å². The first kappa shape index (κ1) is 7.56. The second-order valence-corrected chi connectivity index (χ2v) is 3.46. The third-order valence-corrected chi connectivity index (χ3v) is 2.68. The van der Waals surface area contributed by atoms with Gasteiger partial charge in [-0.25, -0.2) is 0 Å². The van der Waals surface area contributed by atoms with E-state index in [4.69, 9.17) is 0 Å². The lowest BCUT2D eigenvalue weighted by Gasteiger charge is -1.84. The Labute approximate surface area is 82.0 Å². The van der Waals surface area contributed by atoms with E-state index in [9.17, 15) is 0 Å². The molecule has 0 atom stereocenters. The standard InChI is InChI=1S/C12H11N2/c1-10-13-8-4-2-6-11(13)12-7-3-5-9-14(10)12/h2-9H,1H3/q+1. The maximum absolute atomic E-state index is 2.20. The quantitative estimate of drug-likeness (QED) is 0.471. The van der Waals surface area contributed by atoms with E-state index < -0.39 is 0 Å². The van der Waals surface area contributed by atoms with Crippen LogP contribution in [0.25, 0.3) is 11.0 Å². The van der Waals surface area contributed by atoms with E-state index in [1.54, 1.807) is 0 Å². The third kappa shape index (κ3) is 0.826. The van der Waals surface area contributed by atoms with Gasteiger partial charge in [-0.3, -0.25) is 0 Å². The van der Waals surface area contributed by atoms with Gasteiger partial charge in [0, 0.05) is 6.92 Å². The summed E-state index contributed by atoms with van der Waals surface area (Å²) in [5.74, 6) is 1.23. The van der Waals surface area contributed by atoms with E-state index in [1.165, 1.54) is 16.9 Å². The van der Waals surface area contributed by atoms with Crippen molar-refractivity contribution < 1.29 is 4.40 Å². The fraction of sp³-hybridized carbons (Fsp3) is 0.0833. The van der Waals surface area contributed by atoms with Crippen molar-refractivity contribution in [2.24, 2.45) is 0 Å². The van der Waals surface area contributed by atoms with Gasteiger partial charge in [0.15, 0.2) is 11.0 Å². The second kappa shape index (κ2) is 2.58. The number of hydrogen-bond donors (Lipinski definition) is 0. The van der Waals surface area contributed by atoms with Gasteiger partial charge in [-0.15, -0.1) is 0 Å². The second-order valence-electron chi connectivity index (χ2n) is 3.46. The molecular weight excluding hydrogens is 172 g/mol. The molecule has 3 aromatic heterocycles. The van der Waals surface area contributed by atoms with Crippen LogP contribution in [0.2, 0.25) is 0 Å². The summed E-state index contributed by atoms with van der Waals surface area (Å²) in [6, 6.07) is 12.5. The van der Waals surface area contributed by atoms with Gasteiger partial charge in [0.1, 0.15) is 0 Å². The number of fused-ring (bicyclic) bond motifs is 3. The minimum Gasteiger partial charge on any atom is -0.199 e. The van der Waals surface area contributed by atoms with Crippen molar-refractivity contribution in [3.05, 3.63) is 54.6 Å². The fourth-order valence-electron chi connectivity index (χ4n) is 1.98. The van der Waals surface area contributed by atoms with Crippen LogP contribution in [0.5, 0.6) is 0 Å². The number of nitrogens with zero attached hydrogens (tertiary/aromatic N) is 2. The first-order valence-corrected chi connectivity index (χ1v) is 4.74. The van der Waals surface area contributed by atoms with Gasteiger partial charge in [0.2, 0.25) is 0 Å². The summed E-state index contributed by atoms with van der Waals surface area (Å²) in [6.45, 7) is 2.12. The number of pyridine rings is 2. The van der Waals surface area contributed by atoms with Crippen LogP contribution >= 0.6 is 0 Å². The summed E-state index contributed by atoms with van der Waals surface area (Å²) in [4.78, 5) is 0. The molecule has 3 rings (SSSR count). The molecule has 68 valence electrons. The zero-order chi connectivity index (χ0) is 9.54. The zero-order valence-corrected chi connectivity index (χ0v) is 8.01. The van der Waals surface area contributed by atoms with Crippen LogP contribution in [0.1, 0.15) is 5.82 Å². The normalized spacial score (nSPS) is 11.2. The van der Waals surface area contributed by atoms with E-state index in [-0.39, 0.29) is 0 Å². The number of aromatic nitrogens is 2. The summed E-state index contributed by atoms with van der Waals surface area (Å²) < 4.78 is 4.41. The van der Waals surface area contributed by atoms with Crippen molar-refractivity contribution in [1.82, 2.24) is 4.40 Å². The first-order chi connectivity index (χ1) is 6.88. The molecule has 0 fully saturated rings. The molecule has 2 nitrogen and oxygen atoms in total. The predicted octanol–water partition coefficient (Wildman–Crippen LogP) is 1.99. The average molecular weight is 183 g/mol. The Bertz CT molecular complexity index is 555. The highest BCUT2D eigenvalue weighted by Gasteiger charge is 2.13. The molecule has 3 aromatic rings. The van der Waals surface area contributed by atoms with Gasteiger partial charge in [0.25, 0.3) is 5.82 Å². The van der Waals surface area contributed by atoms with Crippen molar-refractivity contribution in [3.63, 3.8) is 0 Å². The van der Waals surface area contributed by atoms with Gasteiger partial charge in [-0.2, -0.15) is 8.80 Å². The Morgan fingerprint density at radius 3 is 2.86 bits per heavy atom. The van der Waals surface area contributed by atoms with Crippen LogP contribution in [-0.2, 0) is 0 Å². The van der Waals surface area contributed by atoms with Crippen LogP contribution in [0.3, 0.4) is 0 Å². The Hall–Kier alpha value is -1.83. The van der Waals surface area contributed by atoms with E-state index in [0.29, 0.717) is 0 Å². The molecule has 0 N–H and O–H groups in total. The lowest BCUT2D eigenvalue weighted by atomic mass is 10.3. The molecule has 0 radical (unpaired) electrons. The summed E-state index contributed by atoms with van der Waals surface area (Å²) in [6.07, 6.45) is 4.19. The summed E-state index contributed by atoms with van der Waals surface area (Å²) in [7, 11) is 0. The Morgan fingerprint density at radius 1 is 1.07 bits per heavy atom. The van der Waals surface area contributed by atoms with Crippen LogP contribution in [0, 0.1) is 6.92 Å². The van der Waals surface area contributed by atoms with Gasteiger partial charge in [-0.1, -0.05) is 12.1 Å². The number of imidazole rings is 1. The largest absolute Gasteiger partial charge is 0.263 e. The van der Waals surface area contributed by atoms with Gasteiger partial charge >= 0.3 is 0 Å². The first-order valence-electron chi connectivity index (χ1n) is 4.74. The van der Waals surface area contributed by atoms with E-state index in [0.717, 1.165) is 0 Å². The molecule has 0 unspecified atom stereocenters. The summed E-state index contributed by atoms with van der Waals surface area (Å²) >= 11 is 0. The molecule has 0 spiro atoms. The smallest absolute Gasteiger partial charge is 0.199 e. The molecule has 0 amide bonds. The van der Waals surface area contributed by atoms with Gasteiger partial charge in [-0.05, 0) is 24.3 Å². The molecule has 0 saturated carbocycles. The molecule has 0 saturated heterocycles. The molecular formula is C12H11N2+. The third-order valence-electron chi connectivity index (χ3n) is 2.68. The minimum atomic E-state index is 1.23. The maximum atomic E-state index is 2.20. The Kier molecular flexibility index (Phi) is 1.39.